The minimum absolute atomic E-state index is 0.326. The zero-order valence-electron chi connectivity index (χ0n) is 13.3. The number of nitrogens with one attached hydrogen (secondary N) is 1. The summed E-state index contributed by atoms with van der Waals surface area (Å²) in [6, 6.07) is 2.85. The van der Waals surface area contributed by atoms with Crippen molar-refractivity contribution < 1.29 is 8.78 Å². The molecule has 1 fully saturated rings. The van der Waals surface area contributed by atoms with Crippen molar-refractivity contribution in [3.05, 3.63) is 46.8 Å². The van der Waals surface area contributed by atoms with Gasteiger partial charge < -0.3 is 10.2 Å². The van der Waals surface area contributed by atoms with Crippen LogP contribution in [0.1, 0.15) is 30.4 Å². The van der Waals surface area contributed by atoms with E-state index in [1.54, 1.807) is 0 Å². The summed E-state index contributed by atoms with van der Waals surface area (Å²) < 4.78 is 27.4. The Morgan fingerprint density at radius 3 is 2.83 bits per heavy atom. The van der Waals surface area contributed by atoms with Crippen molar-refractivity contribution in [2.45, 2.75) is 38.1 Å². The summed E-state index contributed by atoms with van der Waals surface area (Å²) in [5.41, 5.74) is 2.86. The number of halogens is 2. The lowest BCUT2D eigenvalue weighted by atomic mass is 9.87. The van der Waals surface area contributed by atoms with Gasteiger partial charge in [-0.15, -0.1) is 0 Å². The molecule has 0 spiro atoms. The number of rotatable bonds is 3. The smallest absolute Gasteiger partial charge is 0.129 e. The third-order valence-corrected chi connectivity index (χ3v) is 5.36. The van der Waals surface area contributed by atoms with Gasteiger partial charge in [-0.1, -0.05) is 0 Å². The maximum atomic E-state index is 13.9. The number of fused-ring (bicyclic) bond motifs is 1. The Morgan fingerprint density at radius 2 is 2.00 bits per heavy atom. The maximum absolute atomic E-state index is 13.9. The van der Waals surface area contributed by atoms with E-state index in [1.807, 2.05) is 0 Å². The molecule has 1 saturated heterocycles. The number of benzene rings is 1. The van der Waals surface area contributed by atoms with Crippen LogP contribution in [0.5, 0.6) is 0 Å². The maximum Gasteiger partial charge on any atom is 0.129 e. The van der Waals surface area contributed by atoms with Crippen molar-refractivity contribution in [3.63, 3.8) is 0 Å². The fraction of sp³-hybridized carbons (Fsp3) is 0.556. The largest absolute Gasteiger partial charge is 0.372 e. The van der Waals surface area contributed by atoms with Crippen LogP contribution >= 0.6 is 0 Å². The van der Waals surface area contributed by atoms with Gasteiger partial charge in [0, 0.05) is 30.5 Å². The second kappa shape index (κ2) is 6.11. The van der Waals surface area contributed by atoms with Crippen LogP contribution in [0, 0.1) is 11.6 Å². The molecule has 1 atom stereocenters. The monoisotopic (exact) mass is 319 g/mol. The predicted molar refractivity (Wildman–Crippen MR) is 85.8 cm³/mol. The second-order valence-corrected chi connectivity index (χ2v) is 6.87. The molecule has 5 heteroatoms. The fourth-order valence-electron chi connectivity index (χ4n) is 4.17. The first-order valence-electron chi connectivity index (χ1n) is 8.59. The molecule has 3 aliphatic rings. The van der Waals surface area contributed by atoms with E-state index in [9.17, 15) is 8.78 Å². The Morgan fingerprint density at radius 1 is 1.17 bits per heavy atom. The van der Waals surface area contributed by atoms with Crippen LogP contribution in [-0.2, 0) is 12.8 Å². The highest BCUT2D eigenvalue weighted by Gasteiger charge is 2.30. The summed E-state index contributed by atoms with van der Waals surface area (Å²) in [6.07, 6.45) is 7.03. The van der Waals surface area contributed by atoms with E-state index in [1.165, 1.54) is 37.7 Å². The van der Waals surface area contributed by atoms with Gasteiger partial charge in [-0.2, -0.15) is 0 Å². The first kappa shape index (κ1) is 14.9. The van der Waals surface area contributed by atoms with E-state index < -0.39 is 5.82 Å². The van der Waals surface area contributed by atoms with Gasteiger partial charge in [0.2, 0.25) is 0 Å². The molecule has 2 aliphatic heterocycles. The van der Waals surface area contributed by atoms with Gasteiger partial charge in [0.15, 0.2) is 0 Å². The SMILES string of the molecule is Fc1cc(F)c2c(c1)C[C@@H](N1CNC=C1CN1CCCC1)CC2. The standard InChI is InChI=1S/C18H23F2N3/c19-14-7-13-8-15(3-4-17(13)18(20)9-14)23-12-21-10-16(23)11-22-5-1-2-6-22/h7,9-10,15,21H,1-6,8,11-12H2/t15-/m0/s1. The van der Waals surface area contributed by atoms with E-state index in [2.05, 4.69) is 21.3 Å². The van der Waals surface area contributed by atoms with Gasteiger partial charge in [0.1, 0.15) is 11.6 Å². The molecular formula is C18H23F2N3. The lowest BCUT2D eigenvalue weighted by molar-refractivity contribution is 0.217. The number of nitrogens with zero attached hydrogens (tertiary/aromatic N) is 2. The van der Waals surface area contributed by atoms with E-state index in [0.717, 1.165) is 37.7 Å². The van der Waals surface area contributed by atoms with Crippen LogP contribution in [0.25, 0.3) is 0 Å². The van der Waals surface area contributed by atoms with Crippen LogP contribution in [0.3, 0.4) is 0 Å². The molecule has 23 heavy (non-hydrogen) atoms. The van der Waals surface area contributed by atoms with Crippen LogP contribution < -0.4 is 5.32 Å². The van der Waals surface area contributed by atoms with Gasteiger partial charge in [-0.05, 0) is 62.4 Å². The molecule has 0 aromatic heterocycles. The van der Waals surface area contributed by atoms with E-state index in [0.29, 0.717) is 18.0 Å². The Labute approximate surface area is 136 Å². The van der Waals surface area contributed by atoms with Crippen molar-refractivity contribution in [1.29, 1.82) is 0 Å². The van der Waals surface area contributed by atoms with Gasteiger partial charge in [-0.3, -0.25) is 4.90 Å². The average molecular weight is 319 g/mol. The topological polar surface area (TPSA) is 18.5 Å². The van der Waals surface area contributed by atoms with Crippen LogP contribution in [0.4, 0.5) is 8.78 Å². The molecule has 1 aromatic carbocycles. The molecule has 3 nitrogen and oxygen atoms in total. The molecule has 1 aromatic rings. The zero-order chi connectivity index (χ0) is 15.8. The first-order valence-corrected chi connectivity index (χ1v) is 8.59. The normalized spacial score (nSPS) is 24.5. The van der Waals surface area contributed by atoms with Gasteiger partial charge in [0.25, 0.3) is 0 Å². The Bertz CT molecular complexity index is 623. The molecule has 0 radical (unpaired) electrons. The van der Waals surface area contributed by atoms with Gasteiger partial charge in [0.05, 0.1) is 6.67 Å². The molecule has 0 saturated carbocycles. The average Bonchev–Trinajstić information content (AvgIpc) is 3.18. The van der Waals surface area contributed by atoms with Crippen molar-refractivity contribution in [1.82, 2.24) is 15.1 Å². The first-order chi connectivity index (χ1) is 11.2. The van der Waals surface area contributed by atoms with Gasteiger partial charge >= 0.3 is 0 Å². The molecule has 4 rings (SSSR count). The minimum Gasteiger partial charge on any atom is -0.372 e. The Kier molecular flexibility index (Phi) is 3.97. The fourth-order valence-corrected chi connectivity index (χ4v) is 4.17. The summed E-state index contributed by atoms with van der Waals surface area (Å²) in [7, 11) is 0. The van der Waals surface area contributed by atoms with Gasteiger partial charge in [-0.25, -0.2) is 8.78 Å². The summed E-state index contributed by atoms with van der Waals surface area (Å²) in [6.45, 7) is 4.14. The molecule has 0 amide bonds. The minimum atomic E-state index is -0.464. The summed E-state index contributed by atoms with van der Waals surface area (Å²) in [5.74, 6) is -0.847. The quantitative estimate of drug-likeness (QED) is 0.924. The van der Waals surface area contributed by atoms with Crippen LogP contribution in [0.2, 0.25) is 0 Å². The summed E-state index contributed by atoms with van der Waals surface area (Å²) >= 11 is 0. The second-order valence-electron chi connectivity index (χ2n) is 6.87. The number of likely N-dealkylation sites (tertiary alicyclic amines) is 1. The highest BCUT2D eigenvalue weighted by Crippen LogP contribution is 2.30. The van der Waals surface area contributed by atoms with Crippen LogP contribution in [0.15, 0.2) is 24.0 Å². The third-order valence-electron chi connectivity index (χ3n) is 5.36. The predicted octanol–water partition coefficient (Wildman–Crippen LogP) is 2.62. The molecule has 1 aliphatic carbocycles. The Balaban J connectivity index is 1.49. The van der Waals surface area contributed by atoms with E-state index in [4.69, 9.17) is 0 Å². The molecule has 124 valence electrons. The number of hydrogen-bond donors (Lipinski definition) is 1. The van der Waals surface area contributed by atoms with Crippen molar-refractivity contribution in [2.24, 2.45) is 0 Å². The molecule has 0 unspecified atom stereocenters. The van der Waals surface area contributed by atoms with Crippen LogP contribution in [-0.4, -0.2) is 42.1 Å². The highest BCUT2D eigenvalue weighted by molar-refractivity contribution is 5.33. The molecule has 1 N–H and O–H groups in total. The van der Waals surface area contributed by atoms with E-state index >= 15 is 0 Å². The lowest BCUT2D eigenvalue weighted by Crippen LogP contribution is -2.41. The summed E-state index contributed by atoms with van der Waals surface area (Å²) in [5, 5.41) is 3.33. The molecule has 0 bridgehead atoms. The van der Waals surface area contributed by atoms with Crippen molar-refractivity contribution in [2.75, 3.05) is 26.3 Å². The highest BCUT2D eigenvalue weighted by atomic mass is 19.1. The Hall–Kier alpha value is -1.62. The zero-order valence-corrected chi connectivity index (χ0v) is 13.3. The molecule has 2 heterocycles. The van der Waals surface area contributed by atoms with E-state index in [-0.39, 0.29) is 5.82 Å². The van der Waals surface area contributed by atoms with Crippen molar-refractivity contribution >= 4 is 0 Å². The lowest BCUT2D eigenvalue weighted by Gasteiger charge is -2.36. The third kappa shape index (κ3) is 2.94. The summed E-state index contributed by atoms with van der Waals surface area (Å²) in [4.78, 5) is 4.88. The van der Waals surface area contributed by atoms with Crippen molar-refractivity contribution in [3.8, 4) is 0 Å². The molecular weight excluding hydrogens is 296 g/mol. The number of hydrogen-bond acceptors (Lipinski definition) is 3.